The number of anilines is 1. The molecule has 6 nitrogen and oxygen atoms in total. The summed E-state index contributed by atoms with van der Waals surface area (Å²) in [5.41, 5.74) is 2.53. The maximum atomic E-state index is 11.6. The Labute approximate surface area is 155 Å². The molecule has 2 aromatic heterocycles. The number of benzene rings is 1. The number of hydrogen-bond acceptors (Lipinski definition) is 3. The lowest BCUT2D eigenvalue weighted by Crippen LogP contribution is -2.13. The smallest absolute Gasteiger partial charge is 0.224 e. The van der Waals surface area contributed by atoms with Crippen LogP contribution in [0, 0.1) is 0 Å². The second-order valence-corrected chi connectivity index (χ2v) is 7.60. The minimum absolute atomic E-state index is 0.0731. The van der Waals surface area contributed by atoms with Gasteiger partial charge in [0.2, 0.25) is 5.91 Å². The molecule has 25 heavy (non-hydrogen) atoms. The predicted molar refractivity (Wildman–Crippen MR) is 100 cm³/mol. The summed E-state index contributed by atoms with van der Waals surface area (Å²) in [7, 11) is 0. The third-order valence-corrected chi connectivity index (χ3v) is 4.49. The fourth-order valence-electron chi connectivity index (χ4n) is 2.43. The molecule has 0 atom stereocenters. The molecule has 8 heteroatoms. The largest absolute Gasteiger partial charge is 0.326 e. The first kappa shape index (κ1) is 17.8. The van der Waals surface area contributed by atoms with Crippen molar-refractivity contribution in [2.45, 2.75) is 39.5 Å². The van der Waals surface area contributed by atoms with Gasteiger partial charge in [-0.1, -0.05) is 50.9 Å². The van der Waals surface area contributed by atoms with Crippen LogP contribution in [0.1, 0.15) is 39.8 Å². The van der Waals surface area contributed by atoms with Crippen LogP contribution in [-0.4, -0.2) is 25.7 Å². The number of amides is 1. The van der Waals surface area contributed by atoms with Crippen molar-refractivity contribution in [2.24, 2.45) is 0 Å². The molecule has 1 amide bonds. The Morgan fingerprint density at radius 2 is 2.04 bits per heavy atom. The minimum atomic E-state index is -0.151. The van der Waals surface area contributed by atoms with Crippen LogP contribution < -0.4 is 5.32 Å². The number of aromatic nitrogens is 4. The van der Waals surface area contributed by atoms with Gasteiger partial charge in [0, 0.05) is 23.1 Å². The van der Waals surface area contributed by atoms with Gasteiger partial charge in [-0.15, -0.1) is 5.10 Å². The van der Waals surface area contributed by atoms with Crippen molar-refractivity contribution in [3.8, 4) is 11.4 Å². The van der Waals surface area contributed by atoms with Gasteiger partial charge in [-0.05, 0) is 18.2 Å². The molecule has 2 N–H and O–H groups in total. The second kappa shape index (κ2) is 6.35. The van der Waals surface area contributed by atoms with E-state index in [-0.39, 0.29) is 11.3 Å². The van der Waals surface area contributed by atoms with E-state index < -0.39 is 0 Å². The summed E-state index contributed by atoms with van der Waals surface area (Å²) in [6, 6.07) is 5.20. The van der Waals surface area contributed by atoms with E-state index in [0.29, 0.717) is 39.2 Å². The molecule has 3 aromatic rings. The molecule has 0 bridgehead atoms. The zero-order valence-electron chi connectivity index (χ0n) is 14.4. The Morgan fingerprint density at radius 3 is 2.64 bits per heavy atom. The molecule has 0 radical (unpaired) electrons. The van der Waals surface area contributed by atoms with Crippen LogP contribution >= 0.6 is 23.2 Å². The zero-order chi connectivity index (χ0) is 18.4. The first-order valence-electron chi connectivity index (χ1n) is 7.95. The summed E-state index contributed by atoms with van der Waals surface area (Å²) in [5.74, 6) is 0.363. The number of halogens is 2. The van der Waals surface area contributed by atoms with Gasteiger partial charge < -0.3 is 5.32 Å². The Kier molecular flexibility index (Phi) is 4.51. The van der Waals surface area contributed by atoms with Gasteiger partial charge in [0.1, 0.15) is 5.02 Å². The van der Waals surface area contributed by atoms with Gasteiger partial charge in [-0.2, -0.15) is 4.63 Å². The summed E-state index contributed by atoms with van der Waals surface area (Å²) in [6.45, 7) is 7.96. The van der Waals surface area contributed by atoms with Crippen molar-refractivity contribution < 1.29 is 4.79 Å². The summed E-state index contributed by atoms with van der Waals surface area (Å²) < 4.78 is 1.55. The number of H-pyrrole nitrogens is 1. The standard InChI is InChI=1S/C17H19Cl2N5O/c1-5-12(25)20-9-6-7-11(18)10(8-9)15-21-16-13(19)14(17(2,3)4)22-24(16)23-15/h6-8,22H,5H2,1-4H3,(H,20,25). The molecule has 0 aliphatic heterocycles. The highest BCUT2D eigenvalue weighted by atomic mass is 35.5. The van der Waals surface area contributed by atoms with Crippen LogP contribution in [0.2, 0.25) is 10.0 Å². The monoisotopic (exact) mass is 379 g/mol. The maximum absolute atomic E-state index is 11.6. The lowest BCUT2D eigenvalue weighted by molar-refractivity contribution is -0.115. The Bertz CT molecular complexity index is 952. The van der Waals surface area contributed by atoms with E-state index in [0.717, 1.165) is 5.69 Å². The molecule has 1 aromatic carbocycles. The number of nitrogens with one attached hydrogen (secondary N) is 2. The van der Waals surface area contributed by atoms with Gasteiger partial charge in [0.05, 0.1) is 10.7 Å². The van der Waals surface area contributed by atoms with E-state index in [2.05, 4.69) is 41.3 Å². The third-order valence-electron chi connectivity index (χ3n) is 3.80. The van der Waals surface area contributed by atoms with Gasteiger partial charge in [-0.3, -0.25) is 9.89 Å². The topological polar surface area (TPSA) is 75.1 Å². The third kappa shape index (κ3) is 3.37. The van der Waals surface area contributed by atoms with E-state index in [1.165, 1.54) is 0 Å². The van der Waals surface area contributed by atoms with Crippen LogP contribution in [0.25, 0.3) is 17.0 Å². The van der Waals surface area contributed by atoms with Crippen molar-refractivity contribution >= 4 is 40.4 Å². The van der Waals surface area contributed by atoms with Crippen LogP contribution in [0.4, 0.5) is 5.69 Å². The number of aromatic amines is 1. The molecule has 2 heterocycles. The molecule has 3 rings (SSSR count). The van der Waals surface area contributed by atoms with E-state index in [1.807, 2.05) is 0 Å². The molecule has 0 spiro atoms. The van der Waals surface area contributed by atoms with Crippen molar-refractivity contribution in [1.29, 1.82) is 0 Å². The summed E-state index contributed by atoms with van der Waals surface area (Å²) in [6.07, 6.45) is 0.398. The molecular formula is C17H19Cl2N5O. The van der Waals surface area contributed by atoms with Crippen LogP contribution in [0.15, 0.2) is 18.2 Å². The molecule has 0 saturated carbocycles. The quantitative estimate of drug-likeness (QED) is 0.693. The van der Waals surface area contributed by atoms with Gasteiger partial charge in [0.15, 0.2) is 11.5 Å². The van der Waals surface area contributed by atoms with E-state index in [4.69, 9.17) is 23.2 Å². The molecule has 0 aliphatic rings. The molecule has 0 fully saturated rings. The molecule has 0 unspecified atom stereocenters. The van der Waals surface area contributed by atoms with E-state index in [9.17, 15) is 4.79 Å². The highest BCUT2D eigenvalue weighted by Gasteiger charge is 2.24. The highest BCUT2D eigenvalue weighted by molar-refractivity contribution is 6.34. The van der Waals surface area contributed by atoms with Crippen molar-refractivity contribution in [3.63, 3.8) is 0 Å². The first-order chi connectivity index (χ1) is 11.7. The summed E-state index contributed by atoms with van der Waals surface area (Å²) in [4.78, 5) is 16.1. The van der Waals surface area contributed by atoms with Crippen LogP contribution in [0.3, 0.4) is 0 Å². The second-order valence-electron chi connectivity index (χ2n) is 6.82. The number of hydrogen-bond donors (Lipinski definition) is 2. The average molecular weight is 380 g/mol. The molecule has 0 saturated heterocycles. The number of rotatable bonds is 3. The van der Waals surface area contributed by atoms with Gasteiger partial charge in [0.25, 0.3) is 0 Å². The normalized spacial score (nSPS) is 11.9. The van der Waals surface area contributed by atoms with E-state index in [1.54, 1.807) is 29.8 Å². The van der Waals surface area contributed by atoms with Crippen molar-refractivity contribution in [2.75, 3.05) is 5.32 Å². The highest BCUT2D eigenvalue weighted by Crippen LogP contribution is 2.33. The Hall–Kier alpha value is -2.05. The minimum Gasteiger partial charge on any atom is -0.326 e. The predicted octanol–water partition coefficient (Wildman–Crippen LogP) is 4.68. The Balaban J connectivity index is 2.05. The number of fused-ring (bicyclic) bond motifs is 1. The lowest BCUT2D eigenvalue weighted by atomic mass is 9.92. The first-order valence-corrected chi connectivity index (χ1v) is 8.70. The van der Waals surface area contributed by atoms with Crippen molar-refractivity contribution in [1.82, 2.24) is 19.8 Å². The fraction of sp³-hybridized carbons (Fsp3) is 0.353. The summed E-state index contributed by atoms with van der Waals surface area (Å²) >= 11 is 12.8. The van der Waals surface area contributed by atoms with Gasteiger partial charge in [-0.25, -0.2) is 4.98 Å². The lowest BCUT2D eigenvalue weighted by Gasteiger charge is -2.16. The van der Waals surface area contributed by atoms with Crippen LogP contribution in [-0.2, 0) is 10.2 Å². The fourth-order valence-corrected chi connectivity index (χ4v) is 3.08. The van der Waals surface area contributed by atoms with Gasteiger partial charge >= 0.3 is 0 Å². The average Bonchev–Trinajstić information content (AvgIpc) is 3.08. The van der Waals surface area contributed by atoms with Crippen LogP contribution in [0.5, 0.6) is 0 Å². The summed E-state index contributed by atoms with van der Waals surface area (Å²) in [5, 5.41) is 11.5. The molecule has 0 aliphatic carbocycles. The van der Waals surface area contributed by atoms with E-state index >= 15 is 0 Å². The number of nitrogens with zero attached hydrogens (tertiary/aromatic N) is 3. The number of carbonyl (C=O) groups excluding carboxylic acids is 1. The number of carbonyl (C=O) groups is 1. The Morgan fingerprint density at radius 1 is 1.32 bits per heavy atom. The SMILES string of the molecule is CCC(=O)Nc1ccc(Cl)c(-c2nc3c(Cl)c(C(C)(C)C)[nH]n3n2)c1. The molecule has 132 valence electrons. The maximum Gasteiger partial charge on any atom is 0.224 e. The van der Waals surface area contributed by atoms with Crippen molar-refractivity contribution in [3.05, 3.63) is 33.9 Å². The zero-order valence-corrected chi connectivity index (χ0v) is 16.0. The molecular weight excluding hydrogens is 361 g/mol.